The monoisotopic (exact) mass is 510 g/mol. The van der Waals surface area contributed by atoms with Crippen molar-refractivity contribution in [1.29, 1.82) is 0 Å². The highest BCUT2D eigenvalue weighted by molar-refractivity contribution is 9.10. The van der Waals surface area contributed by atoms with Gasteiger partial charge in [-0.05, 0) is 94.7 Å². The molecule has 3 aromatic rings. The number of benzene rings is 1. The lowest BCUT2D eigenvalue weighted by molar-refractivity contribution is -0.126. The summed E-state index contributed by atoms with van der Waals surface area (Å²) in [4.78, 5) is 24.6. The summed E-state index contributed by atoms with van der Waals surface area (Å²) >= 11 is 9.92. The van der Waals surface area contributed by atoms with Gasteiger partial charge >= 0.3 is 0 Å². The summed E-state index contributed by atoms with van der Waals surface area (Å²) in [6.07, 6.45) is 9.01. The molecule has 1 aliphatic carbocycles. The normalized spacial score (nSPS) is 20.3. The van der Waals surface area contributed by atoms with Crippen molar-refractivity contribution in [2.24, 2.45) is 0 Å². The number of carbonyl (C=O) groups excluding carboxylic acids is 1. The third-order valence-corrected chi connectivity index (χ3v) is 7.08. The first-order chi connectivity index (χ1) is 15.6. The SMILES string of the molecule is O=C(NCc1cccnc1)[C@@H]1CCCN1C1c2ccc(Cl)cc2CCc2cc(Br)cnc21. The molecule has 1 fully saturated rings. The first-order valence-corrected chi connectivity index (χ1v) is 12.1. The molecule has 32 heavy (non-hydrogen) atoms. The second-order valence-electron chi connectivity index (χ2n) is 8.42. The van der Waals surface area contributed by atoms with Crippen LogP contribution in [0.4, 0.5) is 0 Å². The van der Waals surface area contributed by atoms with Crippen molar-refractivity contribution in [1.82, 2.24) is 20.2 Å². The molecular formula is C25H24BrClN4O. The number of likely N-dealkylation sites (tertiary alicyclic amines) is 1. The lowest BCUT2D eigenvalue weighted by Gasteiger charge is -2.33. The van der Waals surface area contributed by atoms with Gasteiger partial charge in [-0.15, -0.1) is 0 Å². The molecule has 1 saturated heterocycles. The van der Waals surface area contributed by atoms with E-state index in [1.807, 2.05) is 24.4 Å². The maximum Gasteiger partial charge on any atom is 0.237 e. The van der Waals surface area contributed by atoms with Gasteiger partial charge in [0.1, 0.15) is 0 Å². The van der Waals surface area contributed by atoms with E-state index in [1.54, 1.807) is 12.4 Å². The van der Waals surface area contributed by atoms with Crippen molar-refractivity contribution in [3.05, 3.63) is 92.4 Å². The van der Waals surface area contributed by atoms with Gasteiger partial charge in [0.2, 0.25) is 5.91 Å². The van der Waals surface area contributed by atoms with Gasteiger partial charge in [-0.25, -0.2) is 0 Å². The van der Waals surface area contributed by atoms with Crippen LogP contribution in [0.15, 0.2) is 59.5 Å². The lowest BCUT2D eigenvalue weighted by Crippen LogP contribution is -2.45. The quantitative estimate of drug-likeness (QED) is 0.543. The largest absolute Gasteiger partial charge is 0.351 e. The van der Waals surface area contributed by atoms with Crippen LogP contribution >= 0.6 is 27.5 Å². The zero-order valence-corrected chi connectivity index (χ0v) is 19.9. The molecule has 3 heterocycles. The maximum atomic E-state index is 13.3. The smallest absolute Gasteiger partial charge is 0.237 e. The van der Waals surface area contributed by atoms with Crippen LogP contribution in [0.25, 0.3) is 0 Å². The molecule has 2 aromatic heterocycles. The molecule has 7 heteroatoms. The van der Waals surface area contributed by atoms with Crippen LogP contribution in [0, 0.1) is 0 Å². The molecule has 1 aliphatic heterocycles. The predicted octanol–water partition coefficient (Wildman–Crippen LogP) is 4.86. The molecule has 0 radical (unpaired) electrons. The summed E-state index contributed by atoms with van der Waals surface area (Å²) in [5.74, 6) is 0.0600. The van der Waals surface area contributed by atoms with Gasteiger partial charge < -0.3 is 5.32 Å². The Kier molecular flexibility index (Phi) is 6.26. The van der Waals surface area contributed by atoms with E-state index in [4.69, 9.17) is 16.6 Å². The number of fused-ring (bicyclic) bond motifs is 2. The molecule has 0 spiro atoms. The Balaban J connectivity index is 1.49. The predicted molar refractivity (Wildman–Crippen MR) is 128 cm³/mol. The molecule has 2 atom stereocenters. The third kappa shape index (κ3) is 4.32. The number of nitrogens with zero attached hydrogens (tertiary/aromatic N) is 3. The standard InChI is InChI=1S/C25H24BrClN4O/c26-19-11-18-6-5-17-12-20(27)7-8-21(17)24(23(18)29-15-19)31-10-2-4-22(31)25(32)30-14-16-3-1-9-28-13-16/h1,3,7-9,11-13,15,22,24H,2,4-6,10,14H2,(H,30,32)/t22-,24?/m0/s1. The van der Waals surface area contributed by atoms with Crippen LogP contribution in [-0.4, -0.2) is 33.4 Å². The highest BCUT2D eigenvalue weighted by Gasteiger charge is 2.39. The summed E-state index contributed by atoms with van der Waals surface area (Å²) in [6, 6.07) is 11.9. The van der Waals surface area contributed by atoms with Crippen molar-refractivity contribution in [2.45, 2.75) is 44.3 Å². The summed E-state index contributed by atoms with van der Waals surface area (Å²) in [7, 11) is 0. The fourth-order valence-electron chi connectivity index (χ4n) is 4.94. The van der Waals surface area contributed by atoms with Crippen molar-refractivity contribution in [3.8, 4) is 0 Å². The number of pyridine rings is 2. The van der Waals surface area contributed by atoms with Crippen LogP contribution < -0.4 is 5.32 Å². The third-order valence-electron chi connectivity index (χ3n) is 6.41. The van der Waals surface area contributed by atoms with E-state index < -0.39 is 0 Å². The van der Waals surface area contributed by atoms with E-state index >= 15 is 0 Å². The van der Waals surface area contributed by atoms with Crippen molar-refractivity contribution < 1.29 is 4.79 Å². The number of nitrogens with one attached hydrogen (secondary N) is 1. The molecular weight excluding hydrogens is 488 g/mol. The second kappa shape index (κ2) is 9.30. The fraction of sp³-hybridized carbons (Fsp3) is 0.320. The number of hydrogen-bond acceptors (Lipinski definition) is 4. The van der Waals surface area contributed by atoms with E-state index in [0.717, 1.165) is 53.0 Å². The maximum absolute atomic E-state index is 13.3. The molecule has 2 aliphatic rings. The highest BCUT2D eigenvalue weighted by atomic mass is 79.9. The minimum atomic E-state index is -0.198. The van der Waals surface area contributed by atoms with E-state index in [-0.39, 0.29) is 18.0 Å². The van der Waals surface area contributed by atoms with E-state index in [0.29, 0.717) is 6.54 Å². The molecule has 1 aromatic carbocycles. The fourth-order valence-corrected chi connectivity index (χ4v) is 5.51. The van der Waals surface area contributed by atoms with Crippen LogP contribution in [0.5, 0.6) is 0 Å². The average Bonchev–Trinajstić information content (AvgIpc) is 3.23. The lowest BCUT2D eigenvalue weighted by atomic mass is 9.96. The van der Waals surface area contributed by atoms with Crippen LogP contribution in [0.1, 0.15) is 46.8 Å². The van der Waals surface area contributed by atoms with Crippen molar-refractivity contribution in [3.63, 3.8) is 0 Å². The number of halogens is 2. The minimum absolute atomic E-state index is 0.0600. The Bertz CT molecular complexity index is 1090. The van der Waals surface area contributed by atoms with Crippen LogP contribution in [-0.2, 0) is 24.2 Å². The Labute approximate surface area is 201 Å². The Morgan fingerprint density at radius 3 is 2.91 bits per heavy atom. The van der Waals surface area contributed by atoms with Gasteiger partial charge in [-0.1, -0.05) is 23.7 Å². The molecule has 5 nitrogen and oxygen atoms in total. The summed E-state index contributed by atoms with van der Waals surface area (Å²) < 4.78 is 0.978. The van der Waals surface area contributed by atoms with Gasteiger partial charge in [-0.2, -0.15) is 0 Å². The average molecular weight is 512 g/mol. The molecule has 0 saturated carbocycles. The van der Waals surface area contributed by atoms with Gasteiger partial charge in [-0.3, -0.25) is 19.7 Å². The zero-order valence-electron chi connectivity index (χ0n) is 17.6. The Morgan fingerprint density at radius 2 is 2.06 bits per heavy atom. The number of hydrogen-bond donors (Lipinski definition) is 1. The van der Waals surface area contributed by atoms with Crippen LogP contribution in [0.2, 0.25) is 5.02 Å². The summed E-state index contributed by atoms with van der Waals surface area (Å²) in [5.41, 5.74) is 5.70. The second-order valence-corrected chi connectivity index (χ2v) is 9.77. The Hall–Kier alpha value is -2.28. The van der Waals surface area contributed by atoms with Crippen molar-refractivity contribution in [2.75, 3.05) is 6.54 Å². The number of aromatic nitrogens is 2. The molecule has 0 bridgehead atoms. The van der Waals surface area contributed by atoms with E-state index in [2.05, 4.69) is 49.3 Å². The van der Waals surface area contributed by atoms with Gasteiger partial charge in [0, 0.05) is 34.6 Å². The van der Waals surface area contributed by atoms with E-state index in [9.17, 15) is 4.79 Å². The van der Waals surface area contributed by atoms with Gasteiger partial charge in [0.05, 0.1) is 17.8 Å². The topological polar surface area (TPSA) is 58.1 Å². The minimum Gasteiger partial charge on any atom is -0.351 e. The molecule has 1 N–H and O–H groups in total. The van der Waals surface area contributed by atoms with E-state index in [1.165, 1.54) is 16.7 Å². The number of carbonyl (C=O) groups is 1. The first kappa shape index (κ1) is 21.6. The number of aryl methyl sites for hydroxylation is 2. The summed E-state index contributed by atoms with van der Waals surface area (Å²) in [6.45, 7) is 1.34. The van der Waals surface area contributed by atoms with Crippen LogP contribution in [0.3, 0.4) is 0 Å². The molecule has 5 rings (SSSR count). The van der Waals surface area contributed by atoms with Gasteiger partial charge in [0.25, 0.3) is 0 Å². The van der Waals surface area contributed by atoms with Gasteiger partial charge in [0.15, 0.2) is 0 Å². The Morgan fingerprint density at radius 1 is 1.19 bits per heavy atom. The zero-order chi connectivity index (χ0) is 22.1. The number of rotatable bonds is 4. The summed E-state index contributed by atoms with van der Waals surface area (Å²) in [5, 5.41) is 3.87. The molecule has 164 valence electrons. The number of amides is 1. The first-order valence-electron chi connectivity index (χ1n) is 10.9. The van der Waals surface area contributed by atoms with Crippen molar-refractivity contribution >= 4 is 33.4 Å². The molecule has 1 amide bonds. The molecule has 1 unspecified atom stereocenters. The highest BCUT2D eigenvalue weighted by Crippen LogP contribution is 2.40.